The minimum atomic E-state index is 0.0192. The normalized spacial score (nSPS) is 20.2. The molecule has 2 rings (SSSR count). The quantitative estimate of drug-likeness (QED) is 0.855. The van der Waals surface area contributed by atoms with Crippen LogP contribution in [-0.2, 0) is 5.41 Å². The lowest BCUT2D eigenvalue weighted by Gasteiger charge is -2.32. The summed E-state index contributed by atoms with van der Waals surface area (Å²) in [7, 11) is 0. The van der Waals surface area contributed by atoms with E-state index in [0.717, 1.165) is 24.4 Å². The third-order valence-electron chi connectivity index (χ3n) is 3.77. The van der Waals surface area contributed by atoms with Crippen molar-refractivity contribution in [2.45, 2.75) is 57.3 Å². The van der Waals surface area contributed by atoms with E-state index in [2.05, 4.69) is 18.8 Å². The Hall–Kier alpha value is -0.830. The Morgan fingerprint density at radius 3 is 2.56 bits per heavy atom. The molecule has 3 heteroatoms. The van der Waals surface area contributed by atoms with Gasteiger partial charge in [-0.1, -0.05) is 33.1 Å². The smallest absolute Gasteiger partial charge is 0.201 e. The Morgan fingerprint density at radius 2 is 2.06 bits per heavy atom. The van der Waals surface area contributed by atoms with Gasteiger partial charge in [-0.2, -0.15) is 0 Å². The average molecular weight is 222 g/mol. The fourth-order valence-corrected chi connectivity index (χ4v) is 2.53. The molecular weight excluding hydrogens is 200 g/mol. The summed E-state index contributed by atoms with van der Waals surface area (Å²) in [5, 5.41) is 0. The summed E-state index contributed by atoms with van der Waals surface area (Å²) in [6.07, 6.45) is 7.86. The van der Waals surface area contributed by atoms with Crippen LogP contribution in [0.5, 0.6) is 0 Å². The highest BCUT2D eigenvalue weighted by Gasteiger charge is 2.37. The van der Waals surface area contributed by atoms with Crippen molar-refractivity contribution in [1.29, 1.82) is 0 Å². The van der Waals surface area contributed by atoms with Gasteiger partial charge in [0.25, 0.3) is 0 Å². The van der Waals surface area contributed by atoms with Gasteiger partial charge in [-0.25, -0.2) is 4.98 Å². The summed E-state index contributed by atoms with van der Waals surface area (Å²) in [4.78, 5) is 4.63. The third-order valence-corrected chi connectivity index (χ3v) is 3.77. The summed E-state index contributed by atoms with van der Waals surface area (Å²) < 4.78 is 5.67. The lowest BCUT2D eigenvalue weighted by Crippen LogP contribution is -2.37. The van der Waals surface area contributed by atoms with E-state index >= 15 is 0 Å². The Kier molecular flexibility index (Phi) is 3.33. The van der Waals surface area contributed by atoms with Gasteiger partial charge in [0.15, 0.2) is 0 Å². The van der Waals surface area contributed by atoms with E-state index in [1.54, 1.807) is 6.26 Å². The van der Waals surface area contributed by atoms with E-state index in [9.17, 15) is 0 Å². The number of hydrogen-bond donors (Lipinski definition) is 1. The zero-order chi connectivity index (χ0) is 11.6. The van der Waals surface area contributed by atoms with Crippen LogP contribution in [0.3, 0.4) is 0 Å². The van der Waals surface area contributed by atoms with Crippen LogP contribution in [0.15, 0.2) is 10.7 Å². The first-order chi connectivity index (χ1) is 7.68. The summed E-state index contributed by atoms with van der Waals surface area (Å²) in [6, 6.07) is 0. The van der Waals surface area contributed by atoms with Crippen molar-refractivity contribution < 1.29 is 4.42 Å². The molecule has 0 spiro atoms. The summed E-state index contributed by atoms with van der Waals surface area (Å²) in [5.74, 6) is 1.30. The monoisotopic (exact) mass is 222 g/mol. The lowest BCUT2D eigenvalue weighted by atomic mass is 9.74. The highest BCUT2D eigenvalue weighted by atomic mass is 16.3. The number of hydrogen-bond acceptors (Lipinski definition) is 3. The van der Waals surface area contributed by atoms with E-state index < -0.39 is 0 Å². The van der Waals surface area contributed by atoms with Gasteiger partial charge in [0.05, 0.1) is 11.1 Å². The average Bonchev–Trinajstić information content (AvgIpc) is 2.80. The van der Waals surface area contributed by atoms with Gasteiger partial charge in [0, 0.05) is 6.54 Å². The Labute approximate surface area is 97.4 Å². The molecule has 1 aliphatic carbocycles. The maximum Gasteiger partial charge on any atom is 0.201 e. The number of aromatic nitrogens is 1. The molecule has 1 aromatic heterocycles. The van der Waals surface area contributed by atoms with E-state index in [0.29, 0.717) is 12.5 Å². The zero-order valence-electron chi connectivity index (χ0n) is 10.3. The lowest BCUT2D eigenvalue weighted by molar-refractivity contribution is 0.242. The molecule has 90 valence electrons. The van der Waals surface area contributed by atoms with Gasteiger partial charge < -0.3 is 10.2 Å². The van der Waals surface area contributed by atoms with Gasteiger partial charge in [-0.05, 0) is 18.8 Å². The van der Waals surface area contributed by atoms with Crippen LogP contribution in [0.4, 0.5) is 0 Å². The molecule has 2 N–H and O–H groups in total. The molecule has 0 aliphatic heterocycles. The molecule has 0 amide bonds. The van der Waals surface area contributed by atoms with Gasteiger partial charge in [-0.15, -0.1) is 0 Å². The van der Waals surface area contributed by atoms with E-state index in [4.69, 9.17) is 10.2 Å². The van der Waals surface area contributed by atoms with Crippen molar-refractivity contribution in [3.63, 3.8) is 0 Å². The Morgan fingerprint density at radius 1 is 1.38 bits per heavy atom. The number of rotatable bonds is 3. The molecule has 0 bridgehead atoms. The van der Waals surface area contributed by atoms with E-state index in [1.807, 2.05) is 0 Å². The molecule has 16 heavy (non-hydrogen) atoms. The van der Waals surface area contributed by atoms with Crippen molar-refractivity contribution in [3.8, 4) is 0 Å². The predicted molar refractivity (Wildman–Crippen MR) is 64.4 cm³/mol. The van der Waals surface area contributed by atoms with Crippen LogP contribution < -0.4 is 5.73 Å². The summed E-state index contributed by atoms with van der Waals surface area (Å²) in [6.45, 7) is 4.93. The van der Waals surface area contributed by atoms with Crippen molar-refractivity contribution in [2.75, 3.05) is 6.54 Å². The van der Waals surface area contributed by atoms with Crippen LogP contribution in [0.1, 0.15) is 63.5 Å². The molecule has 3 nitrogen and oxygen atoms in total. The topological polar surface area (TPSA) is 52.0 Å². The van der Waals surface area contributed by atoms with Crippen LogP contribution in [0, 0.1) is 0 Å². The first-order valence-electron chi connectivity index (χ1n) is 6.34. The molecule has 1 heterocycles. The van der Waals surface area contributed by atoms with Crippen molar-refractivity contribution >= 4 is 0 Å². The fraction of sp³-hybridized carbons (Fsp3) is 0.769. The highest BCUT2D eigenvalue weighted by Crippen LogP contribution is 2.38. The van der Waals surface area contributed by atoms with Crippen LogP contribution >= 0.6 is 0 Å². The molecule has 0 aromatic carbocycles. The predicted octanol–water partition coefficient (Wildman–Crippen LogP) is 2.96. The summed E-state index contributed by atoms with van der Waals surface area (Å²) >= 11 is 0. The second kappa shape index (κ2) is 4.58. The SMILES string of the molecule is CC(C)c1coc(C2(CN)CCCCC2)n1. The van der Waals surface area contributed by atoms with Gasteiger partial charge >= 0.3 is 0 Å². The molecular formula is C13H22N2O. The molecule has 0 unspecified atom stereocenters. The van der Waals surface area contributed by atoms with E-state index in [-0.39, 0.29) is 5.41 Å². The standard InChI is InChI=1S/C13H22N2O/c1-10(2)11-8-16-12(15-11)13(9-14)6-4-3-5-7-13/h8,10H,3-7,9,14H2,1-2H3. The molecule has 1 aliphatic rings. The molecule has 1 saturated carbocycles. The minimum absolute atomic E-state index is 0.0192. The van der Waals surface area contributed by atoms with E-state index in [1.165, 1.54) is 19.3 Å². The van der Waals surface area contributed by atoms with Crippen molar-refractivity contribution in [1.82, 2.24) is 4.98 Å². The third kappa shape index (κ3) is 2.01. The largest absolute Gasteiger partial charge is 0.448 e. The molecule has 1 fully saturated rings. The summed E-state index contributed by atoms with van der Waals surface area (Å²) in [5.41, 5.74) is 7.02. The van der Waals surface area contributed by atoms with Gasteiger partial charge in [0.2, 0.25) is 5.89 Å². The van der Waals surface area contributed by atoms with Gasteiger partial charge in [-0.3, -0.25) is 0 Å². The molecule has 0 radical (unpaired) electrons. The first-order valence-corrected chi connectivity index (χ1v) is 6.34. The number of nitrogens with two attached hydrogens (primary N) is 1. The second-order valence-corrected chi connectivity index (χ2v) is 5.28. The zero-order valence-corrected chi connectivity index (χ0v) is 10.3. The highest BCUT2D eigenvalue weighted by molar-refractivity contribution is 5.12. The maximum atomic E-state index is 5.96. The van der Waals surface area contributed by atoms with Crippen LogP contribution in [-0.4, -0.2) is 11.5 Å². The molecule has 0 saturated heterocycles. The van der Waals surface area contributed by atoms with Crippen LogP contribution in [0.2, 0.25) is 0 Å². The fourth-order valence-electron chi connectivity index (χ4n) is 2.53. The first kappa shape index (κ1) is 11.6. The minimum Gasteiger partial charge on any atom is -0.448 e. The Bertz CT molecular complexity index is 337. The maximum absolute atomic E-state index is 5.96. The van der Waals surface area contributed by atoms with Crippen molar-refractivity contribution in [3.05, 3.63) is 17.8 Å². The van der Waals surface area contributed by atoms with Gasteiger partial charge in [0.1, 0.15) is 6.26 Å². The Balaban J connectivity index is 2.25. The van der Waals surface area contributed by atoms with Crippen LogP contribution in [0.25, 0.3) is 0 Å². The van der Waals surface area contributed by atoms with Crippen molar-refractivity contribution in [2.24, 2.45) is 5.73 Å². The second-order valence-electron chi connectivity index (χ2n) is 5.28. The molecule has 0 atom stereocenters. The molecule has 1 aromatic rings. The number of nitrogens with zero attached hydrogens (tertiary/aromatic N) is 1. The number of oxazole rings is 1.